The van der Waals surface area contributed by atoms with Gasteiger partial charge in [0.15, 0.2) is 6.73 Å². The number of aryl methyl sites for hydroxylation is 1. The highest BCUT2D eigenvalue weighted by molar-refractivity contribution is 6.02. The van der Waals surface area contributed by atoms with Crippen LogP contribution < -0.4 is 5.32 Å². The fourth-order valence-corrected chi connectivity index (χ4v) is 2.53. The Kier molecular flexibility index (Phi) is 6.40. The van der Waals surface area contributed by atoms with Crippen LogP contribution in [-0.4, -0.2) is 53.6 Å². The molecule has 0 saturated carbocycles. The van der Waals surface area contributed by atoms with Gasteiger partial charge in [-0.3, -0.25) is 4.79 Å². The number of nitrogens with one attached hydrogen (secondary N) is 1. The van der Waals surface area contributed by atoms with Crippen molar-refractivity contribution in [1.29, 1.82) is 0 Å². The number of terminal acetylenes is 1. The molecule has 27 heavy (non-hydrogen) atoms. The summed E-state index contributed by atoms with van der Waals surface area (Å²) in [6.07, 6.45) is 5.16. The maximum Gasteiger partial charge on any atom is 0.330 e. The Morgan fingerprint density at radius 1 is 1.41 bits per heavy atom. The smallest absolute Gasteiger partial charge is 0.330 e. The van der Waals surface area contributed by atoms with E-state index in [0.29, 0.717) is 11.3 Å². The summed E-state index contributed by atoms with van der Waals surface area (Å²) in [5.74, 6) is 0.586. The average molecular weight is 375 g/mol. The molecule has 0 bridgehead atoms. The predicted molar refractivity (Wildman–Crippen MR) is 97.0 cm³/mol. The molecular formula is C19H22FN3O4. The normalized spacial score (nSPS) is 15.1. The maximum absolute atomic E-state index is 13.7. The van der Waals surface area contributed by atoms with Gasteiger partial charge in [0.2, 0.25) is 0 Å². The van der Waals surface area contributed by atoms with Gasteiger partial charge in [0.25, 0.3) is 5.91 Å². The number of anilines is 1. The summed E-state index contributed by atoms with van der Waals surface area (Å²) < 4.78 is 18.9. The third-order valence-corrected chi connectivity index (χ3v) is 4.16. The monoisotopic (exact) mass is 375 g/mol. The summed E-state index contributed by atoms with van der Waals surface area (Å²) in [4.78, 5) is 38.4. The number of carbonyl (C=O) groups excluding carboxylic acids is 3. The number of imide groups is 1. The first-order valence-electron chi connectivity index (χ1n) is 8.46. The molecule has 144 valence electrons. The highest BCUT2D eigenvalue weighted by Gasteiger charge is 2.36. The van der Waals surface area contributed by atoms with Crippen molar-refractivity contribution >= 4 is 23.6 Å². The zero-order chi connectivity index (χ0) is 20.1. The molecule has 8 heteroatoms. The van der Waals surface area contributed by atoms with Crippen LogP contribution in [0.1, 0.15) is 19.4 Å². The third-order valence-electron chi connectivity index (χ3n) is 4.16. The second kappa shape index (κ2) is 8.54. The number of hydrogen-bond acceptors (Lipinski definition) is 5. The van der Waals surface area contributed by atoms with E-state index in [2.05, 4.69) is 11.2 Å². The average Bonchev–Trinajstić information content (AvgIpc) is 2.87. The van der Waals surface area contributed by atoms with Crippen LogP contribution in [0.15, 0.2) is 18.2 Å². The summed E-state index contributed by atoms with van der Waals surface area (Å²) in [6.45, 7) is 4.60. The summed E-state index contributed by atoms with van der Waals surface area (Å²) in [5, 5.41) is 2.93. The van der Waals surface area contributed by atoms with Crippen molar-refractivity contribution in [3.8, 4) is 12.3 Å². The lowest BCUT2D eigenvalue weighted by atomic mass is 10.0. The lowest BCUT2D eigenvalue weighted by molar-refractivity contribution is -0.151. The number of rotatable bonds is 7. The van der Waals surface area contributed by atoms with Crippen molar-refractivity contribution in [3.63, 3.8) is 0 Å². The first kappa shape index (κ1) is 20.2. The van der Waals surface area contributed by atoms with Crippen molar-refractivity contribution in [3.05, 3.63) is 29.6 Å². The number of benzene rings is 1. The topological polar surface area (TPSA) is 79.0 Å². The molecule has 1 unspecified atom stereocenters. The molecule has 1 heterocycles. The number of hydrogen-bond donors (Lipinski definition) is 1. The molecule has 1 N–H and O–H groups in total. The van der Waals surface area contributed by atoms with Crippen molar-refractivity contribution in [2.45, 2.75) is 26.8 Å². The molecule has 3 amide bonds. The van der Waals surface area contributed by atoms with E-state index >= 15 is 0 Å². The summed E-state index contributed by atoms with van der Waals surface area (Å²) in [6, 6.07) is 3.18. The molecule has 1 fully saturated rings. The van der Waals surface area contributed by atoms with Crippen molar-refractivity contribution in [2.75, 3.05) is 25.1 Å². The molecule has 1 aromatic carbocycles. The Morgan fingerprint density at radius 3 is 2.70 bits per heavy atom. The largest absolute Gasteiger partial charge is 0.442 e. The van der Waals surface area contributed by atoms with Crippen LogP contribution in [0, 0.1) is 31.0 Å². The SMILES string of the molecule is C#CCN1CC(=O)N(COC(=O)C(Nc2ccc(C)c(F)c2)C(C)C)C1=O. The number of carbonyl (C=O) groups is 3. The van der Waals surface area contributed by atoms with Crippen LogP contribution in [0.4, 0.5) is 14.9 Å². The van der Waals surface area contributed by atoms with Crippen molar-refractivity contribution in [2.24, 2.45) is 5.92 Å². The molecule has 2 rings (SSSR count). The van der Waals surface area contributed by atoms with E-state index in [0.717, 1.165) is 4.90 Å². The van der Waals surface area contributed by atoms with E-state index < -0.39 is 36.5 Å². The number of nitrogens with zero attached hydrogens (tertiary/aromatic N) is 2. The fourth-order valence-electron chi connectivity index (χ4n) is 2.53. The predicted octanol–water partition coefficient (Wildman–Crippen LogP) is 1.97. The van der Waals surface area contributed by atoms with E-state index in [4.69, 9.17) is 11.2 Å². The molecule has 1 atom stereocenters. The number of amides is 3. The number of ether oxygens (including phenoxy) is 1. The zero-order valence-electron chi connectivity index (χ0n) is 15.5. The number of esters is 1. The van der Waals surface area contributed by atoms with E-state index in [1.807, 2.05) is 0 Å². The van der Waals surface area contributed by atoms with Crippen LogP contribution in [-0.2, 0) is 14.3 Å². The van der Waals surface area contributed by atoms with Crippen molar-refractivity contribution < 1.29 is 23.5 Å². The molecule has 0 aromatic heterocycles. The second-order valence-electron chi connectivity index (χ2n) is 6.59. The summed E-state index contributed by atoms with van der Waals surface area (Å²) in [5.41, 5.74) is 0.925. The molecule has 1 aliphatic heterocycles. The second-order valence-corrected chi connectivity index (χ2v) is 6.59. The lowest BCUT2D eigenvalue weighted by Gasteiger charge is -2.23. The minimum absolute atomic E-state index is 0.00415. The van der Waals surface area contributed by atoms with Gasteiger partial charge in [-0.15, -0.1) is 6.42 Å². The van der Waals surface area contributed by atoms with Crippen LogP contribution in [0.2, 0.25) is 0 Å². The van der Waals surface area contributed by atoms with Crippen LogP contribution in [0.25, 0.3) is 0 Å². The Hall–Kier alpha value is -3.08. The van der Waals surface area contributed by atoms with Gasteiger partial charge in [-0.25, -0.2) is 18.9 Å². The number of halogens is 1. The maximum atomic E-state index is 13.7. The van der Waals surface area contributed by atoms with Crippen LogP contribution >= 0.6 is 0 Å². The van der Waals surface area contributed by atoms with Crippen molar-refractivity contribution in [1.82, 2.24) is 9.80 Å². The third kappa shape index (κ3) is 4.76. The Labute approximate surface area is 157 Å². The van der Waals surface area contributed by atoms with Gasteiger partial charge in [-0.2, -0.15) is 0 Å². The van der Waals surface area contributed by atoms with Crippen LogP contribution in [0.3, 0.4) is 0 Å². The lowest BCUT2D eigenvalue weighted by Crippen LogP contribution is -2.41. The molecule has 0 spiro atoms. The fraction of sp³-hybridized carbons (Fsp3) is 0.421. The molecule has 0 radical (unpaired) electrons. The highest BCUT2D eigenvalue weighted by atomic mass is 19.1. The quantitative estimate of drug-likeness (QED) is 0.448. The van der Waals surface area contributed by atoms with E-state index in [-0.39, 0.29) is 19.0 Å². The molecular weight excluding hydrogens is 353 g/mol. The van der Waals surface area contributed by atoms with Crippen LogP contribution in [0.5, 0.6) is 0 Å². The van der Waals surface area contributed by atoms with Gasteiger partial charge in [-0.1, -0.05) is 25.8 Å². The molecule has 1 aliphatic rings. The van der Waals surface area contributed by atoms with Gasteiger partial charge in [0.1, 0.15) is 18.4 Å². The standard InChI is InChI=1S/C19H22FN3O4/c1-5-8-22-10-16(24)23(19(22)26)11-27-18(25)17(12(2)3)21-14-7-6-13(4)15(20)9-14/h1,6-7,9,12,17,21H,8,10-11H2,2-4H3. The summed E-state index contributed by atoms with van der Waals surface area (Å²) >= 11 is 0. The Bertz CT molecular complexity index is 788. The number of urea groups is 1. The minimum Gasteiger partial charge on any atom is -0.442 e. The highest BCUT2D eigenvalue weighted by Crippen LogP contribution is 2.18. The molecule has 7 nitrogen and oxygen atoms in total. The van der Waals surface area contributed by atoms with Gasteiger partial charge in [-0.05, 0) is 30.5 Å². The van der Waals surface area contributed by atoms with E-state index in [1.54, 1.807) is 32.9 Å². The summed E-state index contributed by atoms with van der Waals surface area (Å²) in [7, 11) is 0. The van der Waals surface area contributed by atoms with E-state index in [1.165, 1.54) is 11.0 Å². The van der Waals surface area contributed by atoms with Gasteiger partial charge in [0, 0.05) is 5.69 Å². The van der Waals surface area contributed by atoms with Gasteiger partial charge in [0.05, 0.1) is 6.54 Å². The van der Waals surface area contributed by atoms with Gasteiger partial charge < -0.3 is 15.0 Å². The van der Waals surface area contributed by atoms with E-state index in [9.17, 15) is 18.8 Å². The molecule has 0 aliphatic carbocycles. The Balaban J connectivity index is 2.01. The minimum atomic E-state index is -0.776. The first-order valence-corrected chi connectivity index (χ1v) is 8.46. The first-order chi connectivity index (χ1) is 12.7. The zero-order valence-corrected chi connectivity index (χ0v) is 15.5. The van der Waals surface area contributed by atoms with Gasteiger partial charge >= 0.3 is 12.0 Å². The molecule has 1 saturated heterocycles. The molecule has 1 aromatic rings. The Morgan fingerprint density at radius 2 is 2.11 bits per heavy atom.